The normalized spacial score (nSPS) is 16.3. The Hall–Kier alpha value is -15.7. The van der Waals surface area contributed by atoms with Crippen LogP contribution in [0.5, 0.6) is 5.88 Å². The number of aliphatic hydroxyl groups is 4. The Morgan fingerprint density at radius 2 is 0.707 bits per heavy atom. The molecule has 0 bridgehead atoms. The number of carbonyl (C=O) groups is 4. The molecule has 0 saturated carbocycles. The molecule has 15 aromatic rings. The van der Waals surface area contributed by atoms with Crippen molar-refractivity contribution >= 4 is 185 Å². The average Bonchev–Trinajstić information content (AvgIpc) is 1.68. The predicted molar refractivity (Wildman–Crippen MR) is 573 cm³/mol. The Labute approximate surface area is 830 Å². The molecule has 5 N–H and O–H groups in total. The summed E-state index contributed by atoms with van der Waals surface area (Å²) < 4.78 is 1.78. The van der Waals surface area contributed by atoms with Gasteiger partial charge in [-0.3, -0.25) is 53.3 Å². The Morgan fingerprint density at radius 3 is 1.10 bits per heavy atom. The molecule has 694 valence electrons. The minimum Gasteiger partial charge on any atom is -0.493 e. The van der Waals surface area contributed by atoms with Gasteiger partial charge in [0.25, 0.3) is 23.6 Å². The summed E-state index contributed by atoms with van der Waals surface area (Å²) in [6.07, 6.45) is 12.7. The Kier molecular flexibility index (Phi) is 33.0. The standard InChI is InChI=1S/C24H18N4OS.2C24H20N2O2S.C23H19N3O2S.C18H16N2O2S/c1-16-7-10-18(11-8-16)27-24-28(19-5-3-2-4-6-19)23(29)22(30-24)14-17-9-12-20-21(13-17)26-15-25-20;1-17-7-13-20(14-8-17)25-24-26(21-5-3-2-4-6-21)23(28)22(29-24)15-18-9-11-19(16-27)12-10-18;27-17-20-13-11-18(12-14-20)15-22-23(28)26(21-9-5-2-6-10-21)24(29-22)25-16-19-7-3-1-4-8-19;1-16-7-12-21(24-14-16)25-23-26(19-5-3-2-4-6-19)22(28)20(29-23)13-17-8-10-18(15-27)11-9-17;1-19-18-20(15-5-3-2-4-6-15)17(22)16(23-18)11-13-7-9-14(12-21)10-8-13/h2-15,29H,1H3;2-15,27H,16H2,1H3;1-15,27H,16-17H2;2-14,27H,15H2,1H3;2-11,21H,12H2,1H3/b;2*22-15-,25-24?;20-13-,25-23?;16-11-,19-18?. The van der Waals surface area contributed by atoms with Crippen molar-refractivity contribution in [3.63, 3.8) is 0 Å². The molecule has 4 amide bonds. The number of hydrogen-bond donors (Lipinski definition) is 5. The number of hydrogen-bond acceptors (Lipinski definition) is 22. The molecule has 4 saturated heterocycles. The first-order valence-corrected chi connectivity index (χ1v) is 48.5. The van der Waals surface area contributed by atoms with Crippen LogP contribution in [0, 0.1) is 20.8 Å². The number of pyridine rings is 1. The minimum atomic E-state index is -0.127. The number of aromatic hydroxyl groups is 1. The number of rotatable bonds is 19. The number of aromatic nitrogens is 2. The van der Waals surface area contributed by atoms with Crippen LogP contribution in [-0.2, 0) is 52.2 Å². The fraction of sp³-hybridized carbons (Fsp3) is 0.0796. The lowest BCUT2D eigenvalue weighted by molar-refractivity contribution is -0.114. The number of para-hydroxylation sites is 5. The predicted octanol–water partition coefficient (Wildman–Crippen LogP) is 22.0. The molecular formula is C113H93N13O9S5. The van der Waals surface area contributed by atoms with E-state index in [9.17, 15) is 39.6 Å². The van der Waals surface area contributed by atoms with E-state index in [4.69, 9.17) is 20.1 Å². The zero-order chi connectivity index (χ0) is 97.2. The molecule has 22 nitrogen and oxygen atoms in total. The highest BCUT2D eigenvalue weighted by molar-refractivity contribution is 8.20. The molecule has 0 aliphatic carbocycles. The van der Waals surface area contributed by atoms with E-state index in [2.05, 4.69) is 25.0 Å². The second-order valence-electron chi connectivity index (χ2n) is 31.8. The number of fused-ring (bicyclic) bond motifs is 1. The van der Waals surface area contributed by atoms with Gasteiger partial charge >= 0.3 is 0 Å². The molecule has 4 fully saturated rings. The number of amides is 4. The lowest BCUT2D eigenvalue weighted by Crippen LogP contribution is -2.28. The third-order valence-corrected chi connectivity index (χ3v) is 26.7. The van der Waals surface area contributed by atoms with Gasteiger partial charge in [0.15, 0.2) is 31.3 Å². The number of thioether (sulfide) groups is 4. The topological polar surface area (TPSA) is 287 Å². The van der Waals surface area contributed by atoms with Crippen LogP contribution in [0.25, 0.3) is 36.1 Å². The van der Waals surface area contributed by atoms with Crippen LogP contribution < -0.4 is 35.0 Å². The highest BCUT2D eigenvalue weighted by Crippen LogP contribution is 2.42. The third kappa shape index (κ3) is 25.0. The fourth-order valence-corrected chi connectivity index (χ4v) is 19.3. The lowest BCUT2D eigenvalue weighted by Gasteiger charge is -2.15. The van der Waals surface area contributed by atoms with Crippen molar-refractivity contribution in [3.8, 4) is 11.6 Å². The van der Waals surface area contributed by atoms with Crippen molar-refractivity contribution in [1.29, 1.82) is 0 Å². The molecule has 5 aliphatic rings. The van der Waals surface area contributed by atoms with E-state index < -0.39 is 0 Å². The molecule has 0 spiro atoms. The van der Waals surface area contributed by atoms with Gasteiger partial charge in [-0.1, -0.05) is 277 Å². The summed E-state index contributed by atoms with van der Waals surface area (Å²) >= 11 is 6.87. The second kappa shape index (κ2) is 47.4. The first kappa shape index (κ1) is 97.4. The van der Waals surface area contributed by atoms with Crippen LogP contribution in [0.1, 0.15) is 71.6 Å². The largest absolute Gasteiger partial charge is 0.493 e. The van der Waals surface area contributed by atoms with Gasteiger partial charge in [-0.25, -0.2) is 29.9 Å². The van der Waals surface area contributed by atoms with Crippen molar-refractivity contribution in [2.45, 2.75) is 53.7 Å². The van der Waals surface area contributed by atoms with Gasteiger partial charge in [-0.15, -0.1) is 0 Å². The SMILES string of the molecule is CN=C1S/C(=C\c2ccc(CO)cc2)C(=O)N1c1ccccc1.Cc1ccc(N=C2S/C(=C\c3ccc(CO)cc3)C(=O)N2c2ccccc2)cc1.Cc1ccc(N=C2S/C(=C\c3ccc(CO)cc3)C(=O)N2c2ccccc2)nc1.Cc1ccc(N=c2sc(C=c3ccc4c(c3)N=CN=4)c(O)n2-c2ccccc2)cc1.O=C1/C(=C/c2ccc(CO)cc2)SC(=NCc2ccccc2)N1c1ccccc1. The van der Waals surface area contributed by atoms with E-state index >= 15 is 0 Å². The van der Waals surface area contributed by atoms with Gasteiger partial charge in [0, 0.05) is 13.2 Å². The number of benzene rings is 13. The van der Waals surface area contributed by atoms with E-state index in [1.165, 1.54) is 63.9 Å². The fourth-order valence-electron chi connectivity index (χ4n) is 14.3. The van der Waals surface area contributed by atoms with Gasteiger partial charge in [0.05, 0.1) is 108 Å². The molecule has 0 unspecified atom stereocenters. The van der Waals surface area contributed by atoms with Crippen LogP contribution in [-0.4, -0.2) is 92.8 Å². The van der Waals surface area contributed by atoms with Crippen LogP contribution in [0.2, 0.25) is 0 Å². The van der Waals surface area contributed by atoms with Gasteiger partial charge in [0.1, 0.15) is 6.34 Å². The van der Waals surface area contributed by atoms with Gasteiger partial charge in [-0.05, 0) is 262 Å². The summed E-state index contributed by atoms with van der Waals surface area (Å²) in [6.45, 7) is 6.57. The third-order valence-electron chi connectivity index (χ3n) is 21.7. The van der Waals surface area contributed by atoms with E-state index in [0.29, 0.717) is 57.5 Å². The van der Waals surface area contributed by atoms with Gasteiger partial charge in [0.2, 0.25) is 5.88 Å². The number of aliphatic imine (C=N–C) groups is 5. The summed E-state index contributed by atoms with van der Waals surface area (Å²) in [5, 5.41) is 52.1. The maximum Gasteiger partial charge on any atom is 0.271 e. The summed E-state index contributed by atoms with van der Waals surface area (Å²) in [5.74, 6) is 0.329. The number of aliphatic hydroxyl groups excluding tert-OH is 4. The Balaban J connectivity index is 0.000000127. The first-order chi connectivity index (χ1) is 68.4. The maximum absolute atomic E-state index is 13.2. The van der Waals surface area contributed by atoms with Crippen molar-refractivity contribution in [3.05, 3.63) is 471 Å². The molecule has 7 heterocycles. The van der Waals surface area contributed by atoms with Gasteiger partial charge < -0.3 is 25.5 Å². The van der Waals surface area contributed by atoms with E-state index in [1.807, 2.05) is 409 Å². The van der Waals surface area contributed by atoms with E-state index in [1.54, 1.807) is 43.7 Å². The van der Waals surface area contributed by atoms with Gasteiger partial charge in [-0.2, -0.15) is 0 Å². The molecular weight excluding hydrogens is 1840 g/mol. The summed E-state index contributed by atoms with van der Waals surface area (Å²) in [7, 11) is 1.69. The summed E-state index contributed by atoms with van der Waals surface area (Å²) in [4.78, 5) is 98.6. The van der Waals surface area contributed by atoms with Crippen LogP contribution >= 0.6 is 58.4 Å². The summed E-state index contributed by atoms with van der Waals surface area (Å²) in [6, 6.07) is 113. The lowest BCUT2D eigenvalue weighted by atomic mass is 10.1. The smallest absolute Gasteiger partial charge is 0.271 e. The monoisotopic (exact) mass is 1940 g/mol. The zero-order valence-electron chi connectivity index (χ0n) is 76.4. The number of carbonyl (C=O) groups excluding carboxylic acids is 4. The molecule has 20 rings (SSSR count). The van der Waals surface area contributed by atoms with Crippen molar-refractivity contribution < 1.29 is 44.7 Å². The molecule has 27 heteroatoms. The maximum atomic E-state index is 13.2. The quantitative estimate of drug-likeness (QED) is 0.0471. The first-order valence-electron chi connectivity index (χ1n) is 44.4. The van der Waals surface area contributed by atoms with E-state index in [-0.39, 0.29) is 55.9 Å². The molecule has 13 aromatic carbocycles. The van der Waals surface area contributed by atoms with Crippen molar-refractivity contribution in [2.24, 2.45) is 34.9 Å². The van der Waals surface area contributed by atoms with Crippen LogP contribution in [0.15, 0.2) is 419 Å². The Bertz CT molecular complexity index is 7290. The number of anilines is 4. The molecule has 5 aliphatic heterocycles. The zero-order valence-corrected chi connectivity index (χ0v) is 80.4. The highest BCUT2D eigenvalue weighted by atomic mass is 32.2. The van der Waals surface area contributed by atoms with Crippen LogP contribution in [0.4, 0.5) is 45.6 Å². The molecule has 0 radical (unpaired) electrons. The minimum absolute atomic E-state index is 0.000325. The summed E-state index contributed by atoms with van der Waals surface area (Å²) in [5.41, 5.74) is 18.0. The highest BCUT2D eigenvalue weighted by Gasteiger charge is 2.39. The number of aryl methyl sites for hydroxylation is 3. The molecule has 140 heavy (non-hydrogen) atoms. The number of amidine groups is 4. The molecule has 0 atom stereocenters. The average molecular weight is 1940 g/mol. The van der Waals surface area contributed by atoms with Crippen LogP contribution in [0.3, 0.4) is 0 Å². The number of thiazole rings is 1. The molecule has 2 aromatic heterocycles. The van der Waals surface area contributed by atoms with E-state index in [0.717, 1.165) is 122 Å². The number of nitrogens with zero attached hydrogens (tertiary/aromatic N) is 13. The Morgan fingerprint density at radius 1 is 0.350 bits per heavy atom. The van der Waals surface area contributed by atoms with Crippen molar-refractivity contribution in [2.75, 3.05) is 26.6 Å². The van der Waals surface area contributed by atoms with Crippen molar-refractivity contribution in [1.82, 2.24) is 9.55 Å². The second-order valence-corrected chi connectivity index (χ2v) is 36.9.